The molecule has 0 unspecified atom stereocenters. The number of nitro groups is 1. The van der Waals surface area contributed by atoms with Gasteiger partial charge in [0.15, 0.2) is 0 Å². The highest BCUT2D eigenvalue weighted by Gasteiger charge is 2.24. The van der Waals surface area contributed by atoms with Crippen molar-refractivity contribution in [2.24, 2.45) is 0 Å². The Morgan fingerprint density at radius 1 is 1.15 bits per heavy atom. The zero-order valence-electron chi connectivity index (χ0n) is 9.84. The number of carboxylic acids is 1. The van der Waals surface area contributed by atoms with E-state index in [1.165, 1.54) is 18.2 Å². The van der Waals surface area contributed by atoms with Gasteiger partial charge < -0.3 is 5.11 Å². The van der Waals surface area contributed by atoms with Gasteiger partial charge in [0.25, 0.3) is 0 Å². The van der Waals surface area contributed by atoms with E-state index in [1.54, 1.807) is 0 Å². The molecule has 0 heterocycles. The van der Waals surface area contributed by atoms with Crippen LogP contribution in [0.2, 0.25) is 0 Å². The number of rotatable bonds is 3. The number of hydrogen-bond donors (Lipinski definition) is 1. The molecular weight excluding hydrogens is 272 g/mol. The minimum Gasteiger partial charge on any atom is -0.478 e. The van der Waals surface area contributed by atoms with Crippen LogP contribution >= 0.6 is 0 Å². The predicted octanol–water partition coefficient (Wildman–Crippen LogP) is 3.24. The first-order valence-corrected chi connectivity index (χ1v) is 5.37. The van der Waals surface area contributed by atoms with Crippen molar-refractivity contribution in [3.8, 4) is 11.1 Å². The van der Waals surface area contributed by atoms with Crippen molar-refractivity contribution in [2.45, 2.75) is 0 Å². The highest BCUT2D eigenvalue weighted by atomic mass is 19.1. The van der Waals surface area contributed by atoms with Crippen molar-refractivity contribution in [1.82, 2.24) is 0 Å². The van der Waals surface area contributed by atoms with Crippen molar-refractivity contribution >= 4 is 11.7 Å². The molecule has 2 aromatic carbocycles. The zero-order valence-corrected chi connectivity index (χ0v) is 9.84. The van der Waals surface area contributed by atoms with Crippen molar-refractivity contribution in [3.63, 3.8) is 0 Å². The molecule has 0 saturated carbocycles. The SMILES string of the molecule is O=C(O)c1cc(-c2cccc(F)c2)cc([N+](=O)[O-])c1F. The number of carboxylic acid groups (broad SMARTS) is 1. The van der Waals surface area contributed by atoms with Crippen molar-refractivity contribution in [2.75, 3.05) is 0 Å². The highest BCUT2D eigenvalue weighted by Crippen LogP contribution is 2.29. The second kappa shape index (κ2) is 5.04. The maximum absolute atomic E-state index is 13.7. The molecule has 7 heteroatoms. The lowest BCUT2D eigenvalue weighted by molar-refractivity contribution is -0.387. The largest absolute Gasteiger partial charge is 0.478 e. The van der Waals surface area contributed by atoms with Gasteiger partial charge in [-0.15, -0.1) is 0 Å². The minimum absolute atomic E-state index is 0.0509. The Labute approximate surface area is 111 Å². The summed E-state index contributed by atoms with van der Waals surface area (Å²) in [5, 5.41) is 19.6. The van der Waals surface area contributed by atoms with Crippen LogP contribution in [-0.2, 0) is 0 Å². The van der Waals surface area contributed by atoms with Gasteiger partial charge in [-0.1, -0.05) is 12.1 Å². The van der Waals surface area contributed by atoms with Gasteiger partial charge in [-0.05, 0) is 29.3 Å². The van der Waals surface area contributed by atoms with Crippen LogP contribution in [0.3, 0.4) is 0 Å². The third kappa shape index (κ3) is 2.46. The van der Waals surface area contributed by atoms with Gasteiger partial charge in [0.05, 0.1) is 4.92 Å². The van der Waals surface area contributed by atoms with E-state index in [0.717, 1.165) is 18.2 Å². The molecule has 5 nitrogen and oxygen atoms in total. The second-order valence-electron chi connectivity index (χ2n) is 3.93. The van der Waals surface area contributed by atoms with Gasteiger partial charge in [-0.2, -0.15) is 4.39 Å². The molecule has 2 aromatic rings. The lowest BCUT2D eigenvalue weighted by atomic mass is 10.0. The summed E-state index contributed by atoms with van der Waals surface area (Å²) in [7, 11) is 0. The predicted molar refractivity (Wildman–Crippen MR) is 65.4 cm³/mol. The molecule has 0 aliphatic carbocycles. The molecule has 0 amide bonds. The maximum Gasteiger partial charge on any atom is 0.338 e. The van der Waals surface area contributed by atoms with Crippen molar-refractivity contribution in [3.05, 3.63) is 63.7 Å². The number of carbonyl (C=O) groups is 1. The van der Waals surface area contributed by atoms with Gasteiger partial charge >= 0.3 is 11.7 Å². The normalized spacial score (nSPS) is 10.3. The average molecular weight is 279 g/mol. The van der Waals surface area contributed by atoms with E-state index in [4.69, 9.17) is 5.11 Å². The highest BCUT2D eigenvalue weighted by molar-refractivity contribution is 5.91. The van der Waals surface area contributed by atoms with Gasteiger partial charge in [-0.3, -0.25) is 10.1 Å². The summed E-state index contributed by atoms with van der Waals surface area (Å²) in [4.78, 5) is 20.6. The molecule has 20 heavy (non-hydrogen) atoms. The molecule has 0 aromatic heterocycles. The fourth-order valence-electron chi connectivity index (χ4n) is 1.73. The Kier molecular flexibility index (Phi) is 3.43. The van der Waals surface area contributed by atoms with Crippen molar-refractivity contribution in [1.29, 1.82) is 0 Å². The fourth-order valence-corrected chi connectivity index (χ4v) is 1.73. The monoisotopic (exact) mass is 279 g/mol. The van der Waals surface area contributed by atoms with Crippen LogP contribution in [0.25, 0.3) is 11.1 Å². The van der Waals surface area contributed by atoms with E-state index < -0.39 is 33.8 Å². The molecule has 0 aliphatic heterocycles. The molecule has 1 N–H and O–H groups in total. The lowest BCUT2D eigenvalue weighted by Gasteiger charge is -2.05. The first-order chi connectivity index (χ1) is 9.40. The van der Waals surface area contributed by atoms with Crippen LogP contribution < -0.4 is 0 Å². The van der Waals surface area contributed by atoms with Gasteiger partial charge in [-0.25, -0.2) is 9.18 Å². The molecule has 0 radical (unpaired) electrons. The second-order valence-corrected chi connectivity index (χ2v) is 3.93. The van der Waals surface area contributed by atoms with Crippen LogP contribution in [0, 0.1) is 21.7 Å². The topological polar surface area (TPSA) is 80.4 Å². The summed E-state index contributed by atoms with van der Waals surface area (Å²) in [6.07, 6.45) is 0. The molecule has 2 rings (SSSR count). The summed E-state index contributed by atoms with van der Waals surface area (Å²) in [5.41, 5.74) is -1.53. The van der Waals surface area contributed by atoms with E-state index in [9.17, 15) is 23.7 Å². The maximum atomic E-state index is 13.7. The summed E-state index contributed by atoms with van der Waals surface area (Å²) >= 11 is 0. The standard InChI is InChI=1S/C13H7F2NO4/c14-9-3-1-2-7(4-9)8-5-10(13(17)18)12(15)11(6-8)16(19)20/h1-6H,(H,17,18). The summed E-state index contributed by atoms with van der Waals surface area (Å²) in [6, 6.07) is 6.84. The lowest BCUT2D eigenvalue weighted by Crippen LogP contribution is -2.04. The van der Waals surface area contributed by atoms with Crippen LogP contribution in [0.15, 0.2) is 36.4 Å². The van der Waals surface area contributed by atoms with Crippen LogP contribution in [0.1, 0.15) is 10.4 Å². The summed E-state index contributed by atoms with van der Waals surface area (Å²) in [6.45, 7) is 0. The Balaban J connectivity index is 2.71. The molecule has 0 spiro atoms. The molecule has 0 aliphatic rings. The molecule has 0 atom stereocenters. The minimum atomic E-state index is -1.64. The van der Waals surface area contributed by atoms with E-state index in [-0.39, 0.29) is 11.1 Å². The third-order valence-corrected chi connectivity index (χ3v) is 2.64. The van der Waals surface area contributed by atoms with Crippen molar-refractivity contribution < 1.29 is 23.6 Å². The number of benzene rings is 2. The van der Waals surface area contributed by atoms with E-state index >= 15 is 0 Å². The van der Waals surface area contributed by atoms with E-state index in [0.29, 0.717) is 0 Å². The summed E-state index contributed by atoms with van der Waals surface area (Å²) in [5.74, 6) is -3.65. The Morgan fingerprint density at radius 2 is 1.85 bits per heavy atom. The van der Waals surface area contributed by atoms with Crippen LogP contribution in [0.5, 0.6) is 0 Å². The molecule has 102 valence electrons. The average Bonchev–Trinajstić information content (AvgIpc) is 2.38. The van der Waals surface area contributed by atoms with Crippen LogP contribution in [-0.4, -0.2) is 16.0 Å². The van der Waals surface area contributed by atoms with E-state index in [2.05, 4.69) is 0 Å². The zero-order chi connectivity index (χ0) is 14.9. The van der Waals surface area contributed by atoms with Crippen LogP contribution in [0.4, 0.5) is 14.5 Å². The van der Waals surface area contributed by atoms with E-state index in [1.807, 2.05) is 0 Å². The van der Waals surface area contributed by atoms with Gasteiger partial charge in [0.1, 0.15) is 11.4 Å². The smallest absolute Gasteiger partial charge is 0.338 e. The number of halogens is 2. The Morgan fingerprint density at radius 3 is 2.40 bits per heavy atom. The third-order valence-electron chi connectivity index (χ3n) is 2.64. The van der Waals surface area contributed by atoms with Gasteiger partial charge in [0.2, 0.25) is 5.82 Å². The molecule has 0 bridgehead atoms. The number of hydrogen-bond acceptors (Lipinski definition) is 3. The molecular formula is C13H7F2NO4. The Bertz CT molecular complexity index is 680. The van der Waals surface area contributed by atoms with Gasteiger partial charge in [0, 0.05) is 6.07 Å². The quantitative estimate of drug-likeness (QED) is 0.690. The fraction of sp³-hybridized carbons (Fsp3) is 0. The first kappa shape index (κ1) is 13.6. The summed E-state index contributed by atoms with van der Waals surface area (Å²) < 4.78 is 26.8. The molecule has 0 fully saturated rings. The number of nitro benzene ring substituents is 1. The molecule has 0 saturated heterocycles. The first-order valence-electron chi connectivity index (χ1n) is 5.37. The Hall–Kier alpha value is -2.83. The number of nitrogens with zero attached hydrogens (tertiary/aromatic N) is 1. The number of aromatic carboxylic acids is 1.